The highest BCUT2D eigenvalue weighted by atomic mass is 79.9. The zero-order valence-electron chi connectivity index (χ0n) is 17.9. The number of nitrogens with zero attached hydrogens (tertiary/aromatic N) is 4. The number of amides is 1. The molecular weight excluding hydrogens is 557 g/mol. The Morgan fingerprint density at radius 1 is 1.03 bits per heavy atom. The van der Waals surface area contributed by atoms with Crippen LogP contribution in [0.5, 0.6) is 0 Å². The molecule has 0 saturated carbocycles. The maximum atomic E-state index is 12.5. The lowest BCUT2D eigenvalue weighted by Crippen LogP contribution is -2.21. The van der Waals surface area contributed by atoms with Gasteiger partial charge in [0, 0.05) is 15.7 Å². The Kier molecular flexibility index (Phi) is 8.05. The molecule has 0 fully saturated rings. The Hall–Kier alpha value is -2.65. The molecular formula is C24H18BrCl2N5OS. The van der Waals surface area contributed by atoms with Crippen molar-refractivity contribution in [3.8, 4) is 17.1 Å². The maximum Gasteiger partial charge on any atom is 0.250 e. The average Bonchev–Trinajstić information content (AvgIpc) is 3.28. The van der Waals surface area contributed by atoms with Gasteiger partial charge in [0.25, 0.3) is 5.91 Å². The minimum atomic E-state index is -0.268. The number of hydrogen-bond acceptors (Lipinski definition) is 5. The topological polar surface area (TPSA) is 72.2 Å². The summed E-state index contributed by atoms with van der Waals surface area (Å²) in [5.41, 5.74) is 5.78. The Morgan fingerprint density at radius 2 is 1.76 bits per heavy atom. The fourth-order valence-corrected chi connectivity index (χ4v) is 4.36. The van der Waals surface area contributed by atoms with Crippen molar-refractivity contribution >= 4 is 62.5 Å². The molecule has 4 aromatic rings. The molecule has 1 heterocycles. The van der Waals surface area contributed by atoms with Crippen molar-refractivity contribution in [2.24, 2.45) is 5.10 Å². The van der Waals surface area contributed by atoms with E-state index < -0.39 is 0 Å². The first kappa shape index (κ1) is 24.5. The highest BCUT2D eigenvalue weighted by molar-refractivity contribution is 9.10. The van der Waals surface area contributed by atoms with Gasteiger partial charge in [-0.2, -0.15) is 5.10 Å². The van der Waals surface area contributed by atoms with Crippen LogP contribution in [0.25, 0.3) is 17.1 Å². The summed E-state index contributed by atoms with van der Waals surface area (Å²) in [4.78, 5) is 12.5. The van der Waals surface area contributed by atoms with Crippen molar-refractivity contribution in [1.29, 1.82) is 0 Å². The SMILES string of the molecule is CC(=NNC(=O)CSc1nnc(-c2ccccc2)n1-c1ccc(Br)cc1)c1ccc(Cl)c(Cl)c1. The van der Waals surface area contributed by atoms with Crippen LogP contribution >= 0.6 is 50.9 Å². The predicted molar refractivity (Wildman–Crippen MR) is 142 cm³/mol. The van der Waals surface area contributed by atoms with Crippen molar-refractivity contribution in [3.05, 3.63) is 92.9 Å². The van der Waals surface area contributed by atoms with E-state index in [1.807, 2.05) is 59.2 Å². The molecule has 0 bridgehead atoms. The summed E-state index contributed by atoms with van der Waals surface area (Å²) in [6.45, 7) is 1.78. The summed E-state index contributed by atoms with van der Waals surface area (Å²) in [6, 6.07) is 22.8. The van der Waals surface area contributed by atoms with E-state index in [0.717, 1.165) is 21.3 Å². The van der Waals surface area contributed by atoms with Gasteiger partial charge in [0.1, 0.15) is 0 Å². The first-order valence-electron chi connectivity index (χ1n) is 10.1. The van der Waals surface area contributed by atoms with E-state index in [-0.39, 0.29) is 11.7 Å². The maximum absolute atomic E-state index is 12.5. The van der Waals surface area contributed by atoms with Crippen LogP contribution in [0.2, 0.25) is 10.0 Å². The standard InChI is InChI=1S/C24H18BrCl2N5OS/c1-15(17-7-12-20(26)21(27)13-17)28-29-22(33)14-34-24-31-30-23(16-5-3-2-4-6-16)32(24)19-10-8-18(25)9-11-19/h2-13H,14H2,1H3,(H,29,33). The normalized spacial score (nSPS) is 11.5. The van der Waals surface area contributed by atoms with Crippen LogP contribution in [0, 0.1) is 0 Å². The van der Waals surface area contributed by atoms with Gasteiger partial charge < -0.3 is 0 Å². The second kappa shape index (κ2) is 11.2. The van der Waals surface area contributed by atoms with Gasteiger partial charge in [-0.15, -0.1) is 10.2 Å². The van der Waals surface area contributed by atoms with Gasteiger partial charge in [0.2, 0.25) is 0 Å². The van der Waals surface area contributed by atoms with Crippen LogP contribution in [-0.4, -0.2) is 32.1 Å². The molecule has 10 heteroatoms. The monoisotopic (exact) mass is 573 g/mol. The highest BCUT2D eigenvalue weighted by Gasteiger charge is 2.17. The zero-order valence-corrected chi connectivity index (χ0v) is 21.8. The van der Waals surface area contributed by atoms with Gasteiger partial charge in [-0.05, 0) is 48.9 Å². The van der Waals surface area contributed by atoms with Crippen LogP contribution in [0.3, 0.4) is 0 Å². The van der Waals surface area contributed by atoms with Crippen LogP contribution in [0.15, 0.2) is 87.5 Å². The smallest absolute Gasteiger partial charge is 0.250 e. The molecule has 34 heavy (non-hydrogen) atoms. The third-order valence-corrected chi connectivity index (χ3v) is 6.96. The molecule has 1 aromatic heterocycles. The lowest BCUT2D eigenvalue weighted by Gasteiger charge is -2.10. The van der Waals surface area contributed by atoms with E-state index in [1.54, 1.807) is 25.1 Å². The number of carbonyl (C=O) groups is 1. The zero-order chi connectivity index (χ0) is 24.1. The van der Waals surface area contributed by atoms with Gasteiger partial charge in [-0.3, -0.25) is 9.36 Å². The number of hydrazone groups is 1. The summed E-state index contributed by atoms with van der Waals surface area (Å²) >= 11 is 16.8. The number of rotatable bonds is 7. The van der Waals surface area contributed by atoms with E-state index in [9.17, 15) is 4.79 Å². The van der Waals surface area contributed by atoms with Crippen molar-refractivity contribution in [1.82, 2.24) is 20.2 Å². The van der Waals surface area contributed by atoms with Gasteiger partial charge >= 0.3 is 0 Å². The summed E-state index contributed by atoms with van der Waals surface area (Å²) in [7, 11) is 0. The average molecular weight is 575 g/mol. The summed E-state index contributed by atoms with van der Waals surface area (Å²) < 4.78 is 2.90. The molecule has 0 radical (unpaired) electrons. The number of benzene rings is 3. The Bertz CT molecular complexity index is 1340. The number of hydrogen-bond donors (Lipinski definition) is 1. The van der Waals surface area contributed by atoms with Crippen LogP contribution in [-0.2, 0) is 4.79 Å². The Morgan fingerprint density at radius 3 is 2.47 bits per heavy atom. The van der Waals surface area contributed by atoms with Crippen molar-refractivity contribution < 1.29 is 4.79 Å². The van der Waals surface area contributed by atoms with Gasteiger partial charge in [-0.1, -0.05) is 87.3 Å². The Balaban J connectivity index is 1.51. The minimum Gasteiger partial charge on any atom is -0.272 e. The highest BCUT2D eigenvalue weighted by Crippen LogP contribution is 2.28. The van der Waals surface area contributed by atoms with Crippen LogP contribution < -0.4 is 5.43 Å². The molecule has 0 aliphatic heterocycles. The van der Waals surface area contributed by atoms with E-state index in [4.69, 9.17) is 23.2 Å². The van der Waals surface area contributed by atoms with Crippen molar-refractivity contribution in [3.63, 3.8) is 0 Å². The van der Waals surface area contributed by atoms with E-state index in [2.05, 4.69) is 36.7 Å². The second-order valence-corrected chi connectivity index (χ2v) is 9.81. The molecule has 0 aliphatic rings. The van der Waals surface area contributed by atoms with Gasteiger partial charge in [0.05, 0.1) is 21.5 Å². The first-order chi connectivity index (χ1) is 16.4. The molecule has 0 aliphatic carbocycles. The number of halogens is 3. The molecule has 0 spiro atoms. The summed E-state index contributed by atoms with van der Waals surface area (Å²) in [6.07, 6.45) is 0. The molecule has 0 unspecified atom stereocenters. The number of thioether (sulfide) groups is 1. The lowest BCUT2D eigenvalue weighted by molar-refractivity contribution is -0.118. The first-order valence-corrected chi connectivity index (χ1v) is 12.6. The van der Waals surface area contributed by atoms with Gasteiger partial charge in [-0.25, -0.2) is 5.43 Å². The third kappa shape index (κ3) is 5.88. The number of nitrogens with one attached hydrogen (secondary N) is 1. The second-order valence-electron chi connectivity index (χ2n) is 7.13. The third-order valence-electron chi connectivity index (χ3n) is 4.77. The molecule has 4 rings (SSSR count). The number of aromatic nitrogens is 3. The van der Waals surface area contributed by atoms with Crippen LogP contribution in [0.1, 0.15) is 12.5 Å². The van der Waals surface area contributed by atoms with Gasteiger partial charge in [0.15, 0.2) is 11.0 Å². The molecule has 6 nitrogen and oxygen atoms in total. The van der Waals surface area contributed by atoms with E-state index >= 15 is 0 Å². The lowest BCUT2D eigenvalue weighted by atomic mass is 10.1. The minimum absolute atomic E-state index is 0.113. The fraction of sp³-hybridized carbons (Fsp3) is 0.0833. The largest absolute Gasteiger partial charge is 0.272 e. The Labute approximate surface area is 219 Å². The quantitative estimate of drug-likeness (QED) is 0.153. The predicted octanol–water partition coefficient (Wildman–Crippen LogP) is 6.64. The molecule has 0 atom stereocenters. The van der Waals surface area contributed by atoms with E-state index in [0.29, 0.717) is 26.7 Å². The summed E-state index contributed by atoms with van der Waals surface area (Å²) in [5, 5.41) is 14.4. The number of carbonyl (C=O) groups excluding carboxylic acids is 1. The molecule has 1 amide bonds. The van der Waals surface area contributed by atoms with Crippen LogP contribution in [0.4, 0.5) is 0 Å². The summed E-state index contributed by atoms with van der Waals surface area (Å²) in [5.74, 6) is 0.539. The molecule has 0 saturated heterocycles. The molecule has 3 aromatic carbocycles. The van der Waals surface area contributed by atoms with Crippen molar-refractivity contribution in [2.75, 3.05) is 5.75 Å². The molecule has 172 valence electrons. The molecule has 1 N–H and O–H groups in total. The van der Waals surface area contributed by atoms with E-state index in [1.165, 1.54) is 11.8 Å². The fourth-order valence-electron chi connectivity index (χ4n) is 3.05. The van der Waals surface area contributed by atoms with Crippen molar-refractivity contribution in [2.45, 2.75) is 12.1 Å².